The summed E-state index contributed by atoms with van der Waals surface area (Å²) in [7, 11) is -3.74. The van der Waals surface area contributed by atoms with Crippen LogP contribution in [0, 0.1) is 6.92 Å². The van der Waals surface area contributed by atoms with Crippen LogP contribution < -0.4 is 10.6 Å². The summed E-state index contributed by atoms with van der Waals surface area (Å²) in [6, 6.07) is 10.9. The van der Waals surface area contributed by atoms with E-state index < -0.39 is 15.9 Å². The zero-order chi connectivity index (χ0) is 18.7. The second kappa shape index (κ2) is 6.98. The van der Waals surface area contributed by atoms with Gasteiger partial charge in [-0.15, -0.1) is 0 Å². The van der Waals surface area contributed by atoms with Gasteiger partial charge in [0, 0.05) is 5.56 Å². The first-order valence-electron chi connectivity index (χ1n) is 7.45. The Balaban J connectivity index is 1.68. The molecule has 9 heteroatoms. The summed E-state index contributed by atoms with van der Waals surface area (Å²) in [6.45, 7) is 1.68. The average Bonchev–Trinajstić information content (AvgIpc) is 3.23. The molecule has 1 amide bonds. The van der Waals surface area contributed by atoms with Crippen LogP contribution in [-0.4, -0.2) is 20.5 Å². The van der Waals surface area contributed by atoms with E-state index >= 15 is 0 Å². The van der Waals surface area contributed by atoms with Crippen LogP contribution in [0.5, 0.6) is 0 Å². The molecule has 3 N–H and O–H groups in total. The largest absolute Gasteiger partial charge is 0.469 e. The van der Waals surface area contributed by atoms with E-state index in [1.807, 2.05) is 0 Å². The number of amides is 1. The number of nitrogens with two attached hydrogens (primary N) is 1. The highest BCUT2D eigenvalue weighted by Gasteiger charge is 2.11. The summed E-state index contributed by atoms with van der Waals surface area (Å²) in [5, 5.41) is 8.90. The molecule has 0 radical (unpaired) electrons. The summed E-state index contributed by atoms with van der Waals surface area (Å²) >= 11 is 0. The molecule has 3 aromatic rings. The van der Waals surface area contributed by atoms with Crippen molar-refractivity contribution in [3.05, 3.63) is 65.8 Å². The van der Waals surface area contributed by atoms with Crippen LogP contribution in [0.3, 0.4) is 0 Å². The standard InChI is InChI=1S/C17H15N3O5S/c1-11-15(8-9-24-11)17(21)20-19-10-13-4-7-16(25-13)12-2-5-14(6-3-12)26(18,22)23/h2-10H,1H3,(H,20,21)(H2,18,22,23)/b19-10-. The minimum Gasteiger partial charge on any atom is -0.469 e. The van der Waals surface area contributed by atoms with Gasteiger partial charge in [0.1, 0.15) is 17.3 Å². The van der Waals surface area contributed by atoms with Crippen LogP contribution in [-0.2, 0) is 10.0 Å². The fraction of sp³-hybridized carbons (Fsp3) is 0.0588. The number of carbonyl (C=O) groups excluding carboxylic acids is 1. The summed E-state index contributed by atoms with van der Waals surface area (Å²) < 4.78 is 33.2. The van der Waals surface area contributed by atoms with Crippen molar-refractivity contribution in [1.29, 1.82) is 0 Å². The number of primary sulfonamides is 1. The summed E-state index contributed by atoms with van der Waals surface area (Å²) in [6.07, 6.45) is 2.78. The van der Waals surface area contributed by atoms with Crippen molar-refractivity contribution in [2.45, 2.75) is 11.8 Å². The van der Waals surface area contributed by atoms with Crippen molar-refractivity contribution in [3.8, 4) is 11.3 Å². The van der Waals surface area contributed by atoms with E-state index in [4.69, 9.17) is 14.0 Å². The molecular weight excluding hydrogens is 358 g/mol. The molecule has 0 bridgehead atoms. The van der Waals surface area contributed by atoms with Crippen LogP contribution in [0.15, 0.2) is 67.6 Å². The van der Waals surface area contributed by atoms with Gasteiger partial charge in [0.05, 0.1) is 22.9 Å². The van der Waals surface area contributed by atoms with Crippen LogP contribution in [0.2, 0.25) is 0 Å². The molecule has 3 rings (SSSR count). The molecule has 0 aliphatic heterocycles. The lowest BCUT2D eigenvalue weighted by molar-refractivity contribution is 0.0953. The minimum absolute atomic E-state index is 0.0202. The molecule has 0 aliphatic carbocycles. The Hall–Kier alpha value is -3.17. The Morgan fingerprint density at radius 3 is 2.50 bits per heavy atom. The zero-order valence-corrected chi connectivity index (χ0v) is 14.5. The summed E-state index contributed by atoms with van der Waals surface area (Å²) in [5.74, 6) is 1.04. The van der Waals surface area contributed by atoms with Gasteiger partial charge in [0.15, 0.2) is 0 Å². The maximum atomic E-state index is 11.9. The number of carbonyl (C=O) groups is 1. The van der Waals surface area contributed by atoms with Gasteiger partial charge in [-0.25, -0.2) is 19.0 Å². The number of hydrazone groups is 1. The van der Waals surface area contributed by atoms with Gasteiger partial charge >= 0.3 is 0 Å². The van der Waals surface area contributed by atoms with Crippen LogP contribution >= 0.6 is 0 Å². The zero-order valence-electron chi connectivity index (χ0n) is 13.7. The number of hydrogen-bond acceptors (Lipinski definition) is 6. The number of nitrogens with zero attached hydrogens (tertiary/aromatic N) is 1. The number of benzene rings is 1. The maximum Gasteiger partial charge on any atom is 0.274 e. The fourth-order valence-electron chi connectivity index (χ4n) is 2.22. The molecule has 8 nitrogen and oxygen atoms in total. The highest BCUT2D eigenvalue weighted by Crippen LogP contribution is 2.22. The van der Waals surface area contributed by atoms with E-state index in [1.165, 1.54) is 24.6 Å². The molecule has 0 unspecified atom stereocenters. The Bertz CT molecular complexity index is 1060. The van der Waals surface area contributed by atoms with Crippen LogP contribution in [0.1, 0.15) is 21.9 Å². The molecule has 0 saturated heterocycles. The van der Waals surface area contributed by atoms with Crippen LogP contribution in [0.4, 0.5) is 0 Å². The highest BCUT2D eigenvalue weighted by molar-refractivity contribution is 7.89. The minimum atomic E-state index is -3.74. The van der Waals surface area contributed by atoms with Crippen molar-refractivity contribution in [2.75, 3.05) is 0 Å². The van der Waals surface area contributed by atoms with Crippen molar-refractivity contribution >= 4 is 22.1 Å². The molecule has 0 fully saturated rings. The molecule has 0 atom stereocenters. The fourth-order valence-corrected chi connectivity index (χ4v) is 2.74. The predicted octanol–water partition coefficient (Wildman–Crippen LogP) is 2.26. The van der Waals surface area contributed by atoms with Gasteiger partial charge in [-0.2, -0.15) is 5.10 Å². The number of hydrogen-bond donors (Lipinski definition) is 2. The van der Waals surface area contributed by atoms with Crippen LogP contribution in [0.25, 0.3) is 11.3 Å². The van der Waals surface area contributed by atoms with Gasteiger partial charge in [0.25, 0.3) is 5.91 Å². The Morgan fingerprint density at radius 2 is 1.88 bits per heavy atom. The molecule has 0 saturated carbocycles. The second-order valence-corrected chi connectivity index (χ2v) is 6.92. The topological polar surface area (TPSA) is 128 Å². The van der Waals surface area contributed by atoms with Gasteiger partial charge in [-0.05, 0) is 49.4 Å². The van der Waals surface area contributed by atoms with E-state index in [0.717, 1.165) is 0 Å². The lowest BCUT2D eigenvalue weighted by Gasteiger charge is -2.00. The summed E-state index contributed by atoms with van der Waals surface area (Å²) in [5.41, 5.74) is 3.45. The molecule has 134 valence electrons. The molecule has 26 heavy (non-hydrogen) atoms. The molecule has 2 heterocycles. The van der Waals surface area contributed by atoms with Gasteiger partial charge in [0.2, 0.25) is 10.0 Å². The molecule has 2 aromatic heterocycles. The van der Waals surface area contributed by atoms with Crippen molar-refractivity contribution in [1.82, 2.24) is 5.43 Å². The third-order valence-corrected chi connectivity index (χ3v) is 4.48. The molecule has 0 spiro atoms. The van der Waals surface area contributed by atoms with E-state index in [-0.39, 0.29) is 4.90 Å². The van der Waals surface area contributed by atoms with E-state index in [1.54, 1.807) is 37.3 Å². The molecular formula is C17H15N3O5S. The van der Waals surface area contributed by atoms with E-state index in [9.17, 15) is 13.2 Å². The lowest BCUT2D eigenvalue weighted by atomic mass is 10.2. The smallest absolute Gasteiger partial charge is 0.274 e. The Kier molecular flexibility index (Phi) is 4.74. The van der Waals surface area contributed by atoms with Crippen molar-refractivity contribution in [2.24, 2.45) is 10.2 Å². The SMILES string of the molecule is Cc1occc1C(=O)N/N=C\c1ccc(-c2ccc(S(N)(=O)=O)cc2)o1. The Labute approximate surface area is 149 Å². The van der Waals surface area contributed by atoms with Gasteiger partial charge in [-0.1, -0.05) is 0 Å². The lowest BCUT2D eigenvalue weighted by Crippen LogP contribution is -2.17. The second-order valence-electron chi connectivity index (χ2n) is 5.36. The third kappa shape index (κ3) is 3.90. The highest BCUT2D eigenvalue weighted by atomic mass is 32.2. The third-order valence-electron chi connectivity index (χ3n) is 3.56. The number of sulfonamides is 1. The first-order chi connectivity index (χ1) is 12.3. The van der Waals surface area contributed by atoms with E-state index in [2.05, 4.69) is 10.5 Å². The summed E-state index contributed by atoms with van der Waals surface area (Å²) in [4.78, 5) is 11.9. The van der Waals surface area contributed by atoms with E-state index in [0.29, 0.717) is 28.4 Å². The number of aryl methyl sites for hydroxylation is 1. The van der Waals surface area contributed by atoms with Crippen molar-refractivity contribution in [3.63, 3.8) is 0 Å². The monoisotopic (exact) mass is 373 g/mol. The quantitative estimate of drug-likeness (QED) is 0.524. The maximum absolute atomic E-state index is 11.9. The van der Waals surface area contributed by atoms with Crippen molar-refractivity contribution < 1.29 is 22.0 Å². The average molecular weight is 373 g/mol. The first kappa shape index (κ1) is 17.6. The number of furan rings is 2. The molecule has 0 aliphatic rings. The predicted molar refractivity (Wildman–Crippen MR) is 94.0 cm³/mol. The van der Waals surface area contributed by atoms with Gasteiger partial charge < -0.3 is 8.83 Å². The Morgan fingerprint density at radius 1 is 1.15 bits per heavy atom. The van der Waals surface area contributed by atoms with Gasteiger partial charge in [-0.3, -0.25) is 4.79 Å². The number of nitrogens with one attached hydrogen (secondary N) is 1. The normalized spacial score (nSPS) is 11.8. The number of rotatable bonds is 5. The first-order valence-corrected chi connectivity index (χ1v) is 9.00. The molecule has 1 aromatic carbocycles.